The first-order valence-corrected chi connectivity index (χ1v) is 8.61. The lowest BCUT2D eigenvalue weighted by atomic mass is 10.1. The van der Waals surface area contributed by atoms with Gasteiger partial charge in [0.1, 0.15) is 5.75 Å². The zero-order valence-electron chi connectivity index (χ0n) is 12.8. The van der Waals surface area contributed by atoms with Gasteiger partial charge in [0.25, 0.3) is 0 Å². The highest BCUT2D eigenvalue weighted by Crippen LogP contribution is 2.13. The van der Waals surface area contributed by atoms with Gasteiger partial charge in [0.15, 0.2) is 0 Å². The van der Waals surface area contributed by atoms with Gasteiger partial charge in [-0.05, 0) is 18.8 Å². The van der Waals surface area contributed by atoms with Crippen LogP contribution in [0, 0.1) is 5.92 Å². The summed E-state index contributed by atoms with van der Waals surface area (Å²) in [6, 6.07) is 0.0288. The van der Waals surface area contributed by atoms with Crippen LogP contribution in [0.25, 0.3) is 0 Å². The van der Waals surface area contributed by atoms with Crippen molar-refractivity contribution in [2.24, 2.45) is 5.92 Å². The number of nitrogens with zero attached hydrogens (tertiary/aromatic N) is 1. The van der Waals surface area contributed by atoms with Crippen LogP contribution in [-0.2, 0) is 20.4 Å². The van der Waals surface area contributed by atoms with Crippen LogP contribution in [0.1, 0.15) is 40.5 Å². The van der Waals surface area contributed by atoms with Gasteiger partial charge < -0.3 is 10.2 Å². The Morgan fingerprint density at radius 1 is 1.35 bits per heavy atom. The van der Waals surface area contributed by atoms with Crippen molar-refractivity contribution in [3.8, 4) is 0 Å². The summed E-state index contributed by atoms with van der Waals surface area (Å²) >= 11 is 0. The van der Waals surface area contributed by atoms with E-state index in [1.807, 2.05) is 20.8 Å². The minimum atomic E-state index is -1.13. The van der Waals surface area contributed by atoms with E-state index in [1.54, 1.807) is 4.90 Å². The first-order chi connectivity index (χ1) is 9.31. The van der Waals surface area contributed by atoms with Gasteiger partial charge in [-0.3, -0.25) is 13.8 Å². The smallest absolute Gasteiger partial charge is 0.235 e. The molecular weight excluding hydrogens is 276 g/mol. The molecule has 0 saturated carbocycles. The minimum Gasteiger partial charge on any atom is -0.352 e. The maximum absolute atomic E-state index is 12.2. The SMILES string of the molecule is CC(=O)N[C@@H]1CCCN(C(=O)C[S@@](=O)[C@H](C)C(C)C)C1. The summed E-state index contributed by atoms with van der Waals surface area (Å²) in [6.45, 7) is 8.67. The van der Waals surface area contributed by atoms with Crippen molar-refractivity contribution in [1.29, 1.82) is 0 Å². The molecule has 116 valence electrons. The molecule has 5 nitrogen and oxygen atoms in total. The maximum Gasteiger partial charge on any atom is 0.235 e. The molecule has 1 heterocycles. The van der Waals surface area contributed by atoms with Crippen molar-refractivity contribution in [3.05, 3.63) is 0 Å². The van der Waals surface area contributed by atoms with Gasteiger partial charge in [0.05, 0.1) is 0 Å². The molecule has 1 N–H and O–H groups in total. The summed E-state index contributed by atoms with van der Waals surface area (Å²) in [6.07, 6.45) is 1.78. The molecule has 1 aliphatic rings. The minimum absolute atomic E-state index is 0.0230. The zero-order chi connectivity index (χ0) is 15.3. The third-order valence-corrected chi connectivity index (χ3v) is 5.71. The summed E-state index contributed by atoms with van der Waals surface area (Å²) in [4.78, 5) is 25.0. The standard InChI is InChI=1S/C14H26N2O3S/c1-10(2)11(3)20(19)9-14(18)16-7-5-6-13(8-16)15-12(4)17/h10-11,13H,5-9H2,1-4H3,(H,15,17)/t11-,13-,20-/m1/s1. The van der Waals surface area contributed by atoms with E-state index in [-0.39, 0.29) is 28.9 Å². The highest BCUT2D eigenvalue weighted by Gasteiger charge is 2.26. The molecule has 20 heavy (non-hydrogen) atoms. The zero-order valence-corrected chi connectivity index (χ0v) is 13.7. The Balaban J connectivity index is 2.50. The van der Waals surface area contributed by atoms with Gasteiger partial charge >= 0.3 is 0 Å². The molecule has 0 unspecified atom stereocenters. The molecule has 1 rings (SSSR count). The summed E-state index contributed by atoms with van der Waals surface area (Å²) < 4.78 is 12.1. The normalized spacial score (nSPS) is 22.4. The number of piperidine rings is 1. The second-order valence-corrected chi connectivity index (χ2v) is 7.65. The lowest BCUT2D eigenvalue weighted by molar-refractivity contribution is -0.130. The highest BCUT2D eigenvalue weighted by molar-refractivity contribution is 7.86. The van der Waals surface area contributed by atoms with Gasteiger partial charge in [-0.1, -0.05) is 20.8 Å². The largest absolute Gasteiger partial charge is 0.352 e. The van der Waals surface area contributed by atoms with Crippen LogP contribution in [0.15, 0.2) is 0 Å². The number of hydrogen-bond donors (Lipinski definition) is 1. The molecule has 0 bridgehead atoms. The van der Waals surface area contributed by atoms with Crippen molar-refractivity contribution in [3.63, 3.8) is 0 Å². The molecule has 0 radical (unpaired) electrons. The third kappa shape index (κ3) is 5.23. The Morgan fingerprint density at radius 3 is 2.55 bits per heavy atom. The first kappa shape index (κ1) is 17.1. The average molecular weight is 302 g/mol. The van der Waals surface area contributed by atoms with E-state index in [1.165, 1.54) is 6.92 Å². The molecular formula is C14H26N2O3S. The third-order valence-electron chi connectivity index (χ3n) is 3.80. The van der Waals surface area contributed by atoms with Gasteiger partial charge in [0, 0.05) is 42.1 Å². The molecule has 1 fully saturated rings. The number of hydrogen-bond acceptors (Lipinski definition) is 3. The Bertz CT molecular complexity index is 385. The van der Waals surface area contributed by atoms with Gasteiger partial charge in [-0.2, -0.15) is 0 Å². The van der Waals surface area contributed by atoms with Crippen molar-refractivity contribution in [2.75, 3.05) is 18.8 Å². The van der Waals surface area contributed by atoms with Crippen LogP contribution in [0.5, 0.6) is 0 Å². The second kappa shape index (κ2) is 7.76. The van der Waals surface area contributed by atoms with Gasteiger partial charge in [-0.25, -0.2) is 0 Å². The topological polar surface area (TPSA) is 66.5 Å². The fraction of sp³-hybridized carbons (Fsp3) is 0.857. The molecule has 0 aromatic heterocycles. The van der Waals surface area contributed by atoms with Crippen LogP contribution in [0.4, 0.5) is 0 Å². The predicted octanol–water partition coefficient (Wildman–Crippen LogP) is 0.907. The fourth-order valence-electron chi connectivity index (χ4n) is 2.26. The monoisotopic (exact) mass is 302 g/mol. The molecule has 0 spiro atoms. The molecule has 1 aliphatic heterocycles. The van der Waals surface area contributed by atoms with Crippen LogP contribution in [0.3, 0.4) is 0 Å². The maximum atomic E-state index is 12.2. The Hall–Kier alpha value is -0.910. The number of rotatable bonds is 5. The Kier molecular flexibility index (Phi) is 6.65. The first-order valence-electron chi connectivity index (χ1n) is 7.23. The summed E-state index contributed by atoms with van der Waals surface area (Å²) in [5, 5.41) is 2.88. The second-order valence-electron chi connectivity index (χ2n) is 5.85. The molecule has 0 aromatic carbocycles. The van der Waals surface area contributed by atoms with E-state index in [2.05, 4.69) is 5.32 Å². The van der Waals surface area contributed by atoms with Crippen LogP contribution < -0.4 is 5.32 Å². The number of amides is 2. The van der Waals surface area contributed by atoms with E-state index < -0.39 is 10.8 Å². The molecule has 0 aromatic rings. The van der Waals surface area contributed by atoms with Crippen molar-refractivity contribution in [2.45, 2.75) is 51.8 Å². The van der Waals surface area contributed by atoms with Crippen molar-refractivity contribution >= 4 is 22.6 Å². The van der Waals surface area contributed by atoms with Crippen LogP contribution in [-0.4, -0.2) is 51.1 Å². The molecule has 1 saturated heterocycles. The van der Waals surface area contributed by atoms with Crippen molar-refractivity contribution in [1.82, 2.24) is 10.2 Å². The number of likely N-dealkylation sites (tertiary alicyclic amines) is 1. The van der Waals surface area contributed by atoms with E-state index in [0.29, 0.717) is 19.0 Å². The summed E-state index contributed by atoms with van der Waals surface area (Å²) in [7, 11) is -1.13. The van der Waals surface area contributed by atoms with Crippen LogP contribution in [0.2, 0.25) is 0 Å². The molecule has 6 heteroatoms. The fourth-order valence-corrected chi connectivity index (χ4v) is 3.55. The summed E-state index contributed by atoms with van der Waals surface area (Å²) in [5.41, 5.74) is 0. The molecule has 2 amide bonds. The predicted molar refractivity (Wildman–Crippen MR) is 80.7 cm³/mol. The number of carbonyl (C=O) groups is 2. The van der Waals surface area contributed by atoms with E-state index in [4.69, 9.17) is 0 Å². The molecule has 0 aliphatic carbocycles. The van der Waals surface area contributed by atoms with Gasteiger partial charge in [-0.15, -0.1) is 0 Å². The number of nitrogens with one attached hydrogen (secondary N) is 1. The highest BCUT2D eigenvalue weighted by atomic mass is 32.2. The number of carbonyl (C=O) groups excluding carboxylic acids is 2. The Morgan fingerprint density at radius 2 is 2.00 bits per heavy atom. The quantitative estimate of drug-likeness (QED) is 0.821. The summed E-state index contributed by atoms with van der Waals surface area (Å²) in [5.74, 6) is 0.260. The van der Waals surface area contributed by atoms with Crippen LogP contribution >= 0.6 is 0 Å². The van der Waals surface area contributed by atoms with Crippen molar-refractivity contribution < 1.29 is 13.8 Å². The lowest BCUT2D eigenvalue weighted by Gasteiger charge is -2.33. The lowest BCUT2D eigenvalue weighted by Crippen LogP contribution is -2.50. The molecule has 3 atom stereocenters. The van der Waals surface area contributed by atoms with E-state index in [9.17, 15) is 13.8 Å². The van der Waals surface area contributed by atoms with E-state index in [0.717, 1.165) is 12.8 Å². The average Bonchev–Trinajstić information content (AvgIpc) is 2.37. The van der Waals surface area contributed by atoms with E-state index >= 15 is 0 Å². The van der Waals surface area contributed by atoms with Gasteiger partial charge in [0.2, 0.25) is 11.8 Å². The Labute approximate surface area is 123 Å².